The molecular formula is C32H59NO5. The van der Waals surface area contributed by atoms with Crippen LogP contribution in [0.1, 0.15) is 149 Å². The SMILES string of the molecule is CCCCCCCC/C=C\CCCCCCCC(=O)N(CCOC(=O)CCCC)CCOC(=O)CCCC. The number of unbranched alkanes of at least 4 members (excludes halogenated alkanes) is 13. The van der Waals surface area contributed by atoms with E-state index in [1.54, 1.807) is 4.90 Å². The largest absolute Gasteiger partial charge is 0.464 e. The molecule has 0 N–H and O–H groups in total. The number of nitrogens with zero attached hydrogens (tertiary/aromatic N) is 1. The van der Waals surface area contributed by atoms with E-state index in [4.69, 9.17) is 9.47 Å². The minimum atomic E-state index is -0.220. The van der Waals surface area contributed by atoms with Crippen LogP contribution >= 0.6 is 0 Å². The Morgan fingerprint density at radius 1 is 0.526 bits per heavy atom. The van der Waals surface area contributed by atoms with Crippen LogP contribution in [0.25, 0.3) is 0 Å². The van der Waals surface area contributed by atoms with Crippen molar-refractivity contribution in [3.63, 3.8) is 0 Å². The molecule has 0 aliphatic heterocycles. The van der Waals surface area contributed by atoms with Gasteiger partial charge in [-0.2, -0.15) is 0 Å². The van der Waals surface area contributed by atoms with Crippen LogP contribution in [-0.4, -0.2) is 49.0 Å². The molecule has 38 heavy (non-hydrogen) atoms. The molecule has 1 amide bonds. The second-order valence-corrected chi connectivity index (χ2v) is 10.4. The summed E-state index contributed by atoms with van der Waals surface area (Å²) in [7, 11) is 0. The zero-order chi connectivity index (χ0) is 28.1. The summed E-state index contributed by atoms with van der Waals surface area (Å²) in [4.78, 5) is 38.1. The van der Waals surface area contributed by atoms with Gasteiger partial charge in [-0.3, -0.25) is 14.4 Å². The van der Waals surface area contributed by atoms with E-state index < -0.39 is 0 Å². The normalized spacial score (nSPS) is 11.1. The number of amides is 1. The number of hydrogen-bond donors (Lipinski definition) is 0. The first-order chi connectivity index (χ1) is 18.5. The Labute approximate surface area is 234 Å². The van der Waals surface area contributed by atoms with E-state index in [0.29, 0.717) is 32.4 Å². The second kappa shape index (κ2) is 28.2. The first-order valence-corrected chi connectivity index (χ1v) is 15.8. The van der Waals surface area contributed by atoms with Gasteiger partial charge in [0, 0.05) is 19.3 Å². The Kier molecular flexibility index (Phi) is 26.8. The van der Waals surface area contributed by atoms with Gasteiger partial charge in [-0.05, 0) is 44.9 Å². The fraction of sp³-hybridized carbons (Fsp3) is 0.844. The van der Waals surface area contributed by atoms with Gasteiger partial charge in [0.15, 0.2) is 0 Å². The summed E-state index contributed by atoms with van der Waals surface area (Å²) in [6.07, 6.45) is 25.4. The van der Waals surface area contributed by atoms with Crippen molar-refractivity contribution in [2.75, 3.05) is 26.3 Å². The predicted octanol–water partition coefficient (Wildman–Crippen LogP) is 8.32. The van der Waals surface area contributed by atoms with Gasteiger partial charge >= 0.3 is 11.9 Å². The highest BCUT2D eigenvalue weighted by molar-refractivity contribution is 5.76. The maximum Gasteiger partial charge on any atom is 0.305 e. The summed E-state index contributed by atoms with van der Waals surface area (Å²) in [6.45, 7) is 7.37. The van der Waals surface area contributed by atoms with Crippen LogP contribution in [0.2, 0.25) is 0 Å². The maximum atomic E-state index is 12.8. The third kappa shape index (κ3) is 24.5. The molecular weight excluding hydrogens is 478 g/mol. The van der Waals surface area contributed by atoms with Crippen molar-refractivity contribution in [2.45, 2.75) is 149 Å². The van der Waals surface area contributed by atoms with Gasteiger partial charge in [-0.1, -0.05) is 97.1 Å². The lowest BCUT2D eigenvalue weighted by atomic mass is 10.1. The molecule has 0 rings (SSSR count). The Morgan fingerprint density at radius 3 is 1.42 bits per heavy atom. The van der Waals surface area contributed by atoms with Crippen molar-refractivity contribution in [2.24, 2.45) is 0 Å². The molecule has 0 aromatic heterocycles. The van der Waals surface area contributed by atoms with E-state index in [9.17, 15) is 14.4 Å². The zero-order valence-corrected chi connectivity index (χ0v) is 25.1. The van der Waals surface area contributed by atoms with Crippen molar-refractivity contribution in [1.29, 1.82) is 0 Å². The fourth-order valence-corrected chi connectivity index (χ4v) is 4.19. The lowest BCUT2D eigenvalue weighted by Gasteiger charge is -2.22. The Morgan fingerprint density at radius 2 is 0.947 bits per heavy atom. The Bertz CT molecular complexity index is 579. The molecule has 0 atom stereocenters. The third-order valence-corrected chi connectivity index (χ3v) is 6.72. The molecule has 0 saturated heterocycles. The molecule has 0 spiro atoms. The predicted molar refractivity (Wildman–Crippen MR) is 157 cm³/mol. The highest BCUT2D eigenvalue weighted by atomic mass is 16.5. The topological polar surface area (TPSA) is 72.9 Å². The summed E-state index contributed by atoms with van der Waals surface area (Å²) in [5, 5.41) is 0. The van der Waals surface area contributed by atoms with Crippen LogP contribution in [0.15, 0.2) is 12.2 Å². The number of allylic oxidation sites excluding steroid dienone is 2. The first kappa shape index (κ1) is 36.1. The average molecular weight is 538 g/mol. The van der Waals surface area contributed by atoms with Gasteiger partial charge in [0.05, 0.1) is 13.1 Å². The number of carbonyl (C=O) groups excluding carboxylic acids is 3. The number of carbonyl (C=O) groups is 3. The first-order valence-electron chi connectivity index (χ1n) is 15.8. The van der Waals surface area contributed by atoms with Crippen LogP contribution in [0, 0.1) is 0 Å². The molecule has 0 fully saturated rings. The molecule has 0 bridgehead atoms. The fourth-order valence-electron chi connectivity index (χ4n) is 4.19. The van der Waals surface area contributed by atoms with Crippen molar-refractivity contribution in [1.82, 2.24) is 4.90 Å². The van der Waals surface area contributed by atoms with Crippen LogP contribution in [-0.2, 0) is 23.9 Å². The van der Waals surface area contributed by atoms with Gasteiger partial charge in [0.1, 0.15) is 13.2 Å². The van der Waals surface area contributed by atoms with Crippen molar-refractivity contribution >= 4 is 17.8 Å². The van der Waals surface area contributed by atoms with E-state index in [-0.39, 0.29) is 31.1 Å². The van der Waals surface area contributed by atoms with E-state index in [2.05, 4.69) is 19.1 Å². The van der Waals surface area contributed by atoms with E-state index >= 15 is 0 Å². The maximum absolute atomic E-state index is 12.8. The van der Waals surface area contributed by atoms with Crippen molar-refractivity contribution in [3.8, 4) is 0 Å². The third-order valence-electron chi connectivity index (χ3n) is 6.72. The van der Waals surface area contributed by atoms with Gasteiger partial charge in [-0.25, -0.2) is 0 Å². The van der Waals surface area contributed by atoms with Crippen LogP contribution in [0.5, 0.6) is 0 Å². The zero-order valence-electron chi connectivity index (χ0n) is 25.1. The quantitative estimate of drug-likeness (QED) is 0.0598. The second-order valence-electron chi connectivity index (χ2n) is 10.4. The number of rotatable bonds is 27. The van der Waals surface area contributed by atoms with E-state index in [1.165, 1.54) is 57.8 Å². The summed E-state index contributed by atoms with van der Waals surface area (Å²) < 4.78 is 10.6. The molecule has 0 radical (unpaired) electrons. The van der Waals surface area contributed by atoms with Gasteiger partial charge in [0.25, 0.3) is 0 Å². The van der Waals surface area contributed by atoms with Crippen LogP contribution in [0.3, 0.4) is 0 Å². The molecule has 6 heteroatoms. The minimum absolute atomic E-state index is 0.0387. The molecule has 0 heterocycles. The van der Waals surface area contributed by atoms with Gasteiger partial charge < -0.3 is 14.4 Å². The molecule has 6 nitrogen and oxygen atoms in total. The molecule has 0 unspecified atom stereocenters. The van der Waals surface area contributed by atoms with Crippen LogP contribution < -0.4 is 0 Å². The van der Waals surface area contributed by atoms with Crippen LogP contribution in [0.4, 0.5) is 0 Å². The van der Waals surface area contributed by atoms with E-state index in [1.807, 2.05) is 13.8 Å². The lowest BCUT2D eigenvalue weighted by Crippen LogP contribution is -2.37. The number of esters is 2. The van der Waals surface area contributed by atoms with Gasteiger partial charge in [-0.15, -0.1) is 0 Å². The molecule has 222 valence electrons. The van der Waals surface area contributed by atoms with Gasteiger partial charge in [0.2, 0.25) is 5.91 Å². The average Bonchev–Trinajstić information content (AvgIpc) is 2.91. The summed E-state index contributed by atoms with van der Waals surface area (Å²) >= 11 is 0. The lowest BCUT2D eigenvalue weighted by molar-refractivity contribution is -0.147. The highest BCUT2D eigenvalue weighted by Gasteiger charge is 2.15. The number of ether oxygens (including phenoxy) is 2. The monoisotopic (exact) mass is 537 g/mol. The highest BCUT2D eigenvalue weighted by Crippen LogP contribution is 2.11. The van der Waals surface area contributed by atoms with E-state index in [0.717, 1.165) is 51.4 Å². The molecule has 0 saturated carbocycles. The number of hydrogen-bond acceptors (Lipinski definition) is 5. The summed E-state index contributed by atoms with van der Waals surface area (Å²) in [5.41, 5.74) is 0. The molecule has 0 aromatic carbocycles. The molecule has 0 aromatic rings. The summed E-state index contributed by atoms with van der Waals surface area (Å²) in [5.74, 6) is -0.401. The molecule has 0 aliphatic carbocycles. The smallest absolute Gasteiger partial charge is 0.305 e. The van der Waals surface area contributed by atoms with Crippen molar-refractivity contribution < 1.29 is 23.9 Å². The van der Waals surface area contributed by atoms with Crippen molar-refractivity contribution in [3.05, 3.63) is 12.2 Å². The Balaban J connectivity index is 4.10. The standard InChI is InChI=1S/C32H59NO5/c1-4-7-10-11-12-13-14-15-16-17-18-19-20-21-22-23-30(34)33(26-28-37-31(35)24-8-5-2)27-29-38-32(36)25-9-6-3/h15-16H,4-14,17-29H2,1-3H3/b16-15-. The Hall–Kier alpha value is -1.85. The molecule has 0 aliphatic rings. The summed E-state index contributed by atoms with van der Waals surface area (Å²) in [6, 6.07) is 0. The minimum Gasteiger partial charge on any atom is -0.464 e.